The maximum Gasteiger partial charge on any atom is 0.00657 e. The first-order valence-corrected chi connectivity index (χ1v) is 6.66. The number of hydrogen-bond donors (Lipinski definition) is 0. The van der Waals surface area contributed by atoms with Crippen molar-refractivity contribution in [2.24, 2.45) is 5.92 Å². The van der Waals surface area contributed by atoms with Crippen LogP contribution in [0.3, 0.4) is 0 Å². The average molecular weight is 251 g/mol. The monoisotopic (exact) mass is 250 g/mol. The van der Waals surface area contributed by atoms with Gasteiger partial charge < -0.3 is 0 Å². The molecule has 2 aliphatic rings. The van der Waals surface area contributed by atoms with Gasteiger partial charge in [0.25, 0.3) is 0 Å². The van der Waals surface area contributed by atoms with Gasteiger partial charge in [0.15, 0.2) is 0 Å². The van der Waals surface area contributed by atoms with Crippen molar-refractivity contribution >= 4 is 15.9 Å². The van der Waals surface area contributed by atoms with E-state index in [1.165, 1.54) is 24.6 Å². The molecule has 0 amide bonds. The second kappa shape index (κ2) is 3.37. The van der Waals surface area contributed by atoms with Crippen molar-refractivity contribution < 1.29 is 0 Å². The molecule has 2 unspecified atom stereocenters. The average Bonchev–Trinajstić information content (AvgIpc) is 3.11. The SMILES string of the molecule is BrCC1CC1c1ccc(C2CC2)cc1. The lowest BCUT2D eigenvalue weighted by Crippen LogP contribution is -1.85. The molecule has 3 rings (SSSR count). The Morgan fingerprint density at radius 1 is 1.07 bits per heavy atom. The summed E-state index contributed by atoms with van der Waals surface area (Å²) in [4.78, 5) is 0. The van der Waals surface area contributed by atoms with E-state index >= 15 is 0 Å². The smallest absolute Gasteiger partial charge is 0.00657 e. The lowest BCUT2D eigenvalue weighted by molar-refractivity contribution is 0.934. The molecule has 0 aliphatic heterocycles. The van der Waals surface area contributed by atoms with Crippen molar-refractivity contribution in [3.8, 4) is 0 Å². The minimum absolute atomic E-state index is 0.850. The molecular formula is C13H15Br. The highest BCUT2D eigenvalue weighted by Crippen LogP contribution is 2.49. The number of hydrogen-bond acceptors (Lipinski definition) is 0. The van der Waals surface area contributed by atoms with Gasteiger partial charge in [-0.05, 0) is 48.1 Å². The van der Waals surface area contributed by atoms with Crippen LogP contribution in [0.25, 0.3) is 0 Å². The van der Waals surface area contributed by atoms with Gasteiger partial charge in [-0.1, -0.05) is 40.2 Å². The summed E-state index contributed by atoms with van der Waals surface area (Å²) >= 11 is 3.56. The summed E-state index contributed by atoms with van der Waals surface area (Å²) in [5.74, 6) is 2.65. The first-order chi connectivity index (χ1) is 6.88. The van der Waals surface area contributed by atoms with Gasteiger partial charge in [0.05, 0.1) is 0 Å². The summed E-state index contributed by atoms with van der Waals surface area (Å²) in [6.07, 6.45) is 4.20. The molecule has 0 heterocycles. The third-order valence-corrected chi connectivity index (χ3v) is 4.37. The molecule has 1 aromatic rings. The summed E-state index contributed by atoms with van der Waals surface area (Å²) < 4.78 is 0. The Labute approximate surface area is 93.8 Å². The van der Waals surface area contributed by atoms with Crippen molar-refractivity contribution in [3.63, 3.8) is 0 Å². The van der Waals surface area contributed by atoms with E-state index in [-0.39, 0.29) is 0 Å². The second-order valence-corrected chi connectivity index (χ2v) is 5.34. The standard InChI is InChI=1S/C13H15Br/c14-8-12-7-13(12)11-5-3-10(4-6-11)9-1-2-9/h3-6,9,12-13H,1-2,7-8H2. The summed E-state index contributed by atoms with van der Waals surface area (Å²) in [6, 6.07) is 9.38. The van der Waals surface area contributed by atoms with Crippen molar-refractivity contribution in [1.82, 2.24) is 0 Å². The van der Waals surface area contributed by atoms with Gasteiger partial charge in [-0.15, -0.1) is 0 Å². The highest BCUT2D eigenvalue weighted by Gasteiger charge is 2.37. The van der Waals surface area contributed by atoms with E-state index in [4.69, 9.17) is 0 Å². The fourth-order valence-corrected chi connectivity index (χ4v) is 2.97. The van der Waals surface area contributed by atoms with Crippen molar-refractivity contribution in [2.45, 2.75) is 31.1 Å². The maximum absolute atomic E-state index is 3.56. The third kappa shape index (κ3) is 1.63. The van der Waals surface area contributed by atoms with Gasteiger partial charge in [0.1, 0.15) is 0 Å². The first-order valence-electron chi connectivity index (χ1n) is 5.54. The van der Waals surface area contributed by atoms with Crippen LogP contribution in [-0.4, -0.2) is 5.33 Å². The van der Waals surface area contributed by atoms with E-state index in [1.807, 2.05) is 0 Å². The van der Waals surface area contributed by atoms with Crippen molar-refractivity contribution in [3.05, 3.63) is 35.4 Å². The molecule has 1 aromatic carbocycles. The van der Waals surface area contributed by atoms with Crippen LogP contribution < -0.4 is 0 Å². The van der Waals surface area contributed by atoms with Gasteiger partial charge in [0.2, 0.25) is 0 Å². The highest BCUT2D eigenvalue weighted by atomic mass is 79.9. The molecule has 1 heteroatoms. The van der Waals surface area contributed by atoms with Gasteiger partial charge in [-0.25, -0.2) is 0 Å². The molecule has 2 atom stereocenters. The van der Waals surface area contributed by atoms with Crippen LogP contribution in [0.5, 0.6) is 0 Å². The number of benzene rings is 1. The lowest BCUT2D eigenvalue weighted by atomic mass is 10.0. The van der Waals surface area contributed by atoms with E-state index in [2.05, 4.69) is 40.2 Å². The largest absolute Gasteiger partial charge is 0.0925 e. The van der Waals surface area contributed by atoms with E-state index in [0.29, 0.717) is 0 Å². The fraction of sp³-hybridized carbons (Fsp3) is 0.538. The number of alkyl halides is 1. The predicted octanol–water partition coefficient (Wildman–Crippen LogP) is 4.06. The number of halogens is 1. The molecule has 0 spiro atoms. The Balaban J connectivity index is 1.74. The van der Waals surface area contributed by atoms with Gasteiger partial charge >= 0.3 is 0 Å². The van der Waals surface area contributed by atoms with Gasteiger partial charge in [-0.3, -0.25) is 0 Å². The normalized spacial score (nSPS) is 30.4. The van der Waals surface area contributed by atoms with Crippen LogP contribution in [0.1, 0.15) is 42.2 Å². The molecule has 74 valence electrons. The first kappa shape index (κ1) is 8.96. The molecular weight excluding hydrogens is 236 g/mol. The van der Waals surface area contributed by atoms with Crippen LogP contribution >= 0.6 is 15.9 Å². The molecule has 0 radical (unpaired) electrons. The molecule has 2 saturated carbocycles. The molecule has 14 heavy (non-hydrogen) atoms. The Bertz CT molecular complexity index is 324. The Hall–Kier alpha value is -0.300. The molecule has 2 fully saturated rings. The zero-order valence-corrected chi connectivity index (χ0v) is 9.83. The van der Waals surface area contributed by atoms with Crippen LogP contribution in [0.2, 0.25) is 0 Å². The van der Waals surface area contributed by atoms with Crippen LogP contribution in [0, 0.1) is 5.92 Å². The lowest BCUT2D eigenvalue weighted by Gasteiger charge is -2.01. The minimum Gasteiger partial charge on any atom is -0.0925 e. The molecule has 0 saturated heterocycles. The molecule has 0 bridgehead atoms. The summed E-state index contributed by atoms with van der Waals surface area (Å²) in [5.41, 5.74) is 3.11. The van der Waals surface area contributed by atoms with Crippen molar-refractivity contribution in [2.75, 3.05) is 5.33 Å². The van der Waals surface area contributed by atoms with E-state index in [1.54, 1.807) is 11.1 Å². The highest BCUT2D eigenvalue weighted by molar-refractivity contribution is 9.09. The Morgan fingerprint density at radius 3 is 2.21 bits per heavy atom. The summed E-state index contributed by atoms with van der Waals surface area (Å²) in [7, 11) is 0. The molecule has 0 N–H and O–H groups in total. The van der Waals surface area contributed by atoms with Crippen LogP contribution in [0.4, 0.5) is 0 Å². The topological polar surface area (TPSA) is 0 Å². The minimum atomic E-state index is 0.850. The fourth-order valence-electron chi connectivity index (χ4n) is 2.26. The van der Waals surface area contributed by atoms with Crippen molar-refractivity contribution in [1.29, 1.82) is 0 Å². The molecule has 2 aliphatic carbocycles. The zero-order chi connectivity index (χ0) is 9.54. The predicted molar refractivity (Wildman–Crippen MR) is 63.1 cm³/mol. The van der Waals surface area contributed by atoms with E-state index in [0.717, 1.165) is 17.8 Å². The quantitative estimate of drug-likeness (QED) is 0.710. The zero-order valence-electron chi connectivity index (χ0n) is 8.25. The summed E-state index contributed by atoms with van der Waals surface area (Å²) in [6.45, 7) is 0. The summed E-state index contributed by atoms with van der Waals surface area (Å²) in [5, 5.41) is 1.17. The maximum atomic E-state index is 3.56. The molecule has 0 nitrogen and oxygen atoms in total. The Morgan fingerprint density at radius 2 is 1.71 bits per heavy atom. The van der Waals surface area contributed by atoms with Gasteiger partial charge in [-0.2, -0.15) is 0 Å². The van der Waals surface area contributed by atoms with Gasteiger partial charge in [0, 0.05) is 5.33 Å². The Kier molecular flexibility index (Phi) is 2.16. The second-order valence-electron chi connectivity index (χ2n) is 4.70. The van der Waals surface area contributed by atoms with Crippen LogP contribution in [-0.2, 0) is 0 Å². The van der Waals surface area contributed by atoms with Crippen LogP contribution in [0.15, 0.2) is 24.3 Å². The third-order valence-electron chi connectivity index (χ3n) is 3.53. The number of rotatable bonds is 3. The molecule has 0 aromatic heterocycles. The van der Waals surface area contributed by atoms with E-state index in [9.17, 15) is 0 Å². The van der Waals surface area contributed by atoms with E-state index < -0.39 is 0 Å².